The predicted octanol–water partition coefficient (Wildman–Crippen LogP) is 0.347. The van der Waals surface area contributed by atoms with Crippen LogP contribution in [0.5, 0.6) is 0 Å². The summed E-state index contributed by atoms with van der Waals surface area (Å²) in [6.07, 6.45) is 1.54. The molecular weight excluding hydrogens is 278 g/mol. The van der Waals surface area contributed by atoms with E-state index in [1.165, 1.54) is 0 Å². The predicted molar refractivity (Wildman–Crippen MR) is 64.9 cm³/mol. The molecule has 0 bridgehead atoms. The summed E-state index contributed by atoms with van der Waals surface area (Å²) in [6.45, 7) is 3.85. The SMILES string of the molecule is NCCOCCOCCOCCC(Br)C=O. The highest BCUT2D eigenvalue weighted by molar-refractivity contribution is 9.09. The largest absolute Gasteiger partial charge is 0.379 e. The lowest BCUT2D eigenvalue weighted by molar-refractivity contribution is -0.107. The van der Waals surface area contributed by atoms with E-state index in [4.69, 9.17) is 19.9 Å². The number of nitrogens with two attached hydrogens (primary N) is 1. The topological polar surface area (TPSA) is 70.8 Å². The zero-order chi connectivity index (χ0) is 12.1. The first-order chi connectivity index (χ1) is 7.81. The van der Waals surface area contributed by atoms with E-state index in [0.717, 1.165) is 6.29 Å². The van der Waals surface area contributed by atoms with Gasteiger partial charge < -0.3 is 24.7 Å². The van der Waals surface area contributed by atoms with E-state index in [9.17, 15) is 4.79 Å². The standard InChI is InChI=1S/C10H20BrNO4/c11-10(9-13)1-3-14-5-7-16-8-6-15-4-2-12/h9-10H,1-8,12H2. The van der Waals surface area contributed by atoms with Gasteiger partial charge >= 0.3 is 0 Å². The van der Waals surface area contributed by atoms with E-state index in [1.807, 2.05) is 0 Å². The molecule has 0 heterocycles. The van der Waals surface area contributed by atoms with E-state index in [2.05, 4.69) is 15.9 Å². The summed E-state index contributed by atoms with van der Waals surface area (Å²) in [7, 11) is 0. The van der Waals surface area contributed by atoms with Crippen LogP contribution < -0.4 is 5.73 Å². The Morgan fingerprint density at radius 2 is 1.50 bits per heavy atom. The fraction of sp³-hybridized carbons (Fsp3) is 0.900. The molecule has 0 aliphatic rings. The number of aldehydes is 1. The van der Waals surface area contributed by atoms with Crippen LogP contribution in [-0.4, -0.2) is 57.3 Å². The van der Waals surface area contributed by atoms with Gasteiger partial charge in [-0.1, -0.05) is 15.9 Å². The molecule has 1 atom stereocenters. The molecule has 0 aliphatic heterocycles. The summed E-state index contributed by atoms with van der Waals surface area (Å²) in [5.41, 5.74) is 5.25. The van der Waals surface area contributed by atoms with E-state index in [1.54, 1.807) is 0 Å². The summed E-state index contributed by atoms with van der Waals surface area (Å²) in [5, 5.41) is 0. The maximum Gasteiger partial charge on any atom is 0.133 e. The first-order valence-corrected chi connectivity index (χ1v) is 6.25. The summed E-state index contributed by atoms with van der Waals surface area (Å²) in [5.74, 6) is 0. The zero-order valence-corrected chi connectivity index (χ0v) is 11.0. The minimum atomic E-state index is -0.113. The van der Waals surface area contributed by atoms with Crippen molar-refractivity contribution in [2.45, 2.75) is 11.2 Å². The van der Waals surface area contributed by atoms with Crippen LogP contribution in [0.1, 0.15) is 6.42 Å². The van der Waals surface area contributed by atoms with Gasteiger partial charge in [-0.15, -0.1) is 0 Å². The molecule has 0 aromatic heterocycles. The van der Waals surface area contributed by atoms with Crippen LogP contribution in [0.2, 0.25) is 0 Å². The van der Waals surface area contributed by atoms with Gasteiger partial charge in [0.15, 0.2) is 0 Å². The molecule has 0 amide bonds. The van der Waals surface area contributed by atoms with Crippen molar-refractivity contribution in [2.24, 2.45) is 5.73 Å². The number of hydrogen-bond donors (Lipinski definition) is 1. The average Bonchev–Trinajstić information content (AvgIpc) is 2.31. The molecule has 0 aliphatic carbocycles. The minimum Gasteiger partial charge on any atom is -0.379 e. The van der Waals surface area contributed by atoms with E-state index < -0.39 is 0 Å². The third kappa shape index (κ3) is 12.1. The van der Waals surface area contributed by atoms with Crippen molar-refractivity contribution in [3.05, 3.63) is 0 Å². The van der Waals surface area contributed by atoms with Gasteiger partial charge in [0.2, 0.25) is 0 Å². The maximum absolute atomic E-state index is 10.2. The van der Waals surface area contributed by atoms with Gasteiger partial charge in [-0.05, 0) is 6.42 Å². The highest BCUT2D eigenvalue weighted by Gasteiger charge is 2.00. The minimum absolute atomic E-state index is 0.113. The lowest BCUT2D eigenvalue weighted by Gasteiger charge is -2.06. The molecule has 5 nitrogen and oxygen atoms in total. The number of carbonyl (C=O) groups excluding carboxylic acids is 1. The van der Waals surface area contributed by atoms with Gasteiger partial charge in [0.1, 0.15) is 6.29 Å². The molecule has 0 radical (unpaired) electrons. The number of alkyl halides is 1. The highest BCUT2D eigenvalue weighted by Crippen LogP contribution is 2.00. The van der Waals surface area contributed by atoms with Crippen molar-refractivity contribution >= 4 is 22.2 Å². The second kappa shape index (κ2) is 13.1. The Labute approximate surface area is 105 Å². The Morgan fingerprint density at radius 3 is 2.00 bits per heavy atom. The van der Waals surface area contributed by atoms with Crippen molar-refractivity contribution < 1.29 is 19.0 Å². The summed E-state index contributed by atoms with van der Waals surface area (Å²) < 4.78 is 15.6. The fourth-order valence-corrected chi connectivity index (χ4v) is 1.08. The van der Waals surface area contributed by atoms with E-state index in [0.29, 0.717) is 52.6 Å². The van der Waals surface area contributed by atoms with Crippen molar-refractivity contribution in [3.8, 4) is 0 Å². The second-order valence-electron chi connectivity index (χ2n) is 3.07. The molecule has 0 fully saturated rings. The van der Waals surface area contributed by atoms with Crippen LogP contribution in [0.25, 0.3) is 0 Å². The molecule has 2 N–H and O–H groups in total. The van der Waals surface area contributed by atoms with Gasteiger partial charge in [0.05, 0.1) is 37.9 Å². The molecule has 1 unspecified atom stereocenters. The summed E-state index contributed by atoms with van der Waals surface area (Å²) in [4.78, 5) is 10.1. The average molecular weight is 298 g/mol. The van der Waals surface area contributed by atoms with Crippen LogP contribution >= 0.6 is 15.9 Å². The smallest absolute Gasteiger partial charge is 0.133 e. The van der Waals surface area contributed by atoms with E-state index in [-0.39, 0.29) is 4.83 Å². The van der Waals surface area contributed by atoms with Gasteiger partial charge in [0, 0.05) is 13.2 Å². The molecule has 0 aromatic carbocycles. The van der Waals surface area contributed by atoms with Crippen molar-refractivity contribution in [1.82, 2.24) is 0 Å². The molecule has 0 spiro atoms. The number of carbonyl (C=O) groups is 1. The zero-order valence-electron chi connectivity index (χ0n) is 9.40. The molecule has 0 rings (SSSR count). The third-order valence-corrected chi connectivity index (χ3v) is 2.37. The Hall–Kier alpha value is -0.0100. The molecule has 0 saturated carbocycles. The van der Waals surface area contributed by atoms with Gasteiger partial charge in [-0.2, -0.15) is 0 Å². The molecule has 6 heteroatoms. The number of ether oxygens (including phenoxy) is 3. The van der Waals surface area contributed by atoms with Crippen LogP contribution in [0, 0.1) is 0 Å². The first kappa shape index (κ1) is 16.0. The quantitative estimate of drug-likeness (QED) is 0.320. The Balaban J connectivity index is 2.96. The van der Waals surface area contributed by atoms with Crippen molar-refractivity contribution in [2.75, 3.05) is 46.2 Å². The van der Waals surface area contributed by atoms with Crippen LogP contribution in [0.15, 0.2) is 0 Å². The third-order valence-electron chi connectivity index (χ3n) is 1.69. The van der Waals surface area contributed by atoms with Crippen LogP contribution in [0.3, 0.4) is 0 Å². The Kier molecular flexibility index (Phi) is 13.0. The van der Waals surface area contributed by atoms with Gasteiger partial charge in [-0.25, -0.2) is 0 Å². The van der Waals surface area contributed by atoms with Gasteiger partial charge in [-0.3, -0.25) is 0 Å². The fourth-order valence-electron chi connectivity index (χ4n) is 0.889. The molecule has 0 saturated heterocycles. The number of rotatable bonds is 12. The second-order valence-corrected chi connectivity index (χ2v) is 4.24. The Bertz CT molecular complexity index is 160. The van der Waals surface area contributed by atoms with E-state index >= 15 is 0 Å². The lowest BCUT2D eigenvalue weighted by Crippen LogP contribution is -2.14. The lowest BCUT2D eigenvalue weighted by atomic mass is 10.3. The number of hydrogen-bond acceptors (Lipinski definition) is 5. The number of halogens is 1. The monoisotopic (exact) mass is 297 g/mol. The van der Waals surface area contributed by atoms with Crippen LogP contribution in [-0.2, 0) is 19.0 Å². The van der Waals surface area contributed by atoms with Gasteiger partial charge in [0.25, 0.3) is 0 Å². The van der Waals surface area contributed by atoms with Crippen LogP contribution in [0.4, 0.5) is 0 Å². The Morgan fingerprint density at radius 1 is 1.00 bits per heavy atom. The molecule has 0 aromatic rings. The first-order valence-electron chi connectivity index (χ1n) is 5.34. The normalized spacial score (nSPS) is 12.6. The summed E-state index contributed by atoms with van der Waals surface area (Å²) in [6, 6.07) is 0. The highest BCUT2D eigenvalue weighted by atomic mass is 79.9. The molecule has 96 valence electrons. The molecule has 16 heavy (non-hydrogen) atoms. The maximum atomic E-state index is 10.2. The molecular formula is C10H20BrNO4. The summed E-state index contributed by atoms with van der Waals surface area (Å²) >= 11 is 3.19. The van der Waals surface area contributed by atoms with Crippen molar-refractivity contribution in [1.29, 1.82) is 0 Å². The van der Waals surface area contributed by atoms with Crippen molar-refractivity contribution in [3.63, 3.8) is 0 Å².